The van der Waals surface area contributed by atoms with E-state index in [9.17, 15) is 14.4 Å². The van der Waals surface area contributed by atoms with Gasteiger partial charge in [0.25, 0.3) is 5.91 Å². The van der Waals surface area contributed by atoms with E-state index in [0.717, 1.165) is 0 Å². The number of benzene rings is 1. The molecule has 3 N–H and O–H groups in total. The minimum Gasteiger partial charge on any atom is -0.325 e. The summed E-state index contributed by atoms with van der Waals surface area (Å²) in [5, 5.41) is 11.1. The Kier molecular flexibility index (Phi) is 6.41. The molecule has 1 heterocycles. The second-order valence-corrected chi connectivity index (χ2v) is 6.16. The van der Waals surface area contributed by atoms with Crippen LogP contribution >= 0.6 is 11.3 Å². The van der Waals surface area contributed by atoms with E-state index in [2.05, 4.69) is 21.2 Å². The normalized spacial score (nSPS) is 10.9. The van der Waals surface area contributed by atoms with Crippen LogP contribution in [0.15, 0.2) is 46.9 Å². The van der Waals surface area contributed by atoms with Gasteiger partial charge in [0.1, 0.15) is 0 Å². The molecule has 130 valence electrons. The van der Waals surface area contributed by atoms with E-state index in [1.54, 1.807) is 48.7 Å². The van der Waals surface area contributed by atoms with Crippen molar-refractivity contribution in [2.45, 2.75) is 20.3 Å². The molecule has 7 nitrogen and oxygen atoms in total. The molecule has 0 spiro atoms. The number of nitrogens with zero attached hydrogens (tertiary/aromatic N) is 1. The van der Waals surface area contributed by atoms with Gasteiger partial charge >= 0.3 is 0 Å². The van der Waals surface area contributed by atoms with Crippen molar-refractivity contribution < 1.29 is 14.4 Å². The summed E-state index contributed by atoms with van der Waals surface area (Å²) in [6.07, 6.45) is 0.0130. The highest BCUT2D eigenvalue weighted by Gasteiger charge is 2.10. The number of anilines is 2. The van der Waals surface area contributed by atoms with Crippen molar-refractivity contribution in [3.05, 3.63) is 46.7 Å². The maximum Gasteiger partial charge on any atom is 0.281 e. The minimum atomic E-state index is -0.314. The second-order valence-electron chi connectivity index (χ2n) is 5.22. The number of carbonyl (C=O) groups is 3. The molecule has 0 fully saturated rings. The molecule has 0 saturated carbocycles. The van der Waals surface area contributed by atoms with Crippen LogP contribution in [0.3, 0.4) is 0 Å². The predicted octanol–water partition coefficient (Wildman–Crippen LogP) is 2.84. The second kappa shape index (κ2) is 8.74. The van der Waals surface area contributed by atoms with E-state index in [1.807, 2.05) is 0 Å². The van der Waals surface area contributed by atoms with E-state index in [0.29, 0.717) is 22.0 Å². The topological polar surface area (TPSA) is 99.7 Å². The molecule has 0 saturated heterocycles. The Balaban J connectivity index is 1.92. The van der Waals surface area contributed by atoms with E-state index in [1.165, 1.54) is 18.3 Å². The van der Waals surface area contributed by atoms with Crippen LogP contribution in [0.25, 0.3) is 0 Å². The molecular weight excluding hydrogens is 340 g/mol. The summed E-state index contributed by atoms with van der Waals surface area (Å²) >= 11 is 1.31. The number of thiophene rings is 1. The quantitative estimate of drug-likeness (QED) is 0.547. The van der Waals surface area contributed by atoms with Gasteiger partial charge in [0.2, 0.25) is 11.8 Å². The minimum absolute atomic E-state index is 0.0130. The Morgan fingerprint density at radius 2 is 1.68 bits per heavy atom. The summed E-state index contributed by atoms with van der Waals surface area (Å²) in [4.78, 5) is 35.6. The largest absolute Gasteiger partial charge is 0.325 e. The van der Waals surface area contributed by atoms with E-state index >= 15 is 0 Å². The van der Waals surface area contributed by atoms with E-state index in [4.69, 9.17) is 0 Å². The zero-order valence-corrected chi connectivity index (χ0v) is 14.6. The summed E-state index contributed by atoms with van der Waals surface area (Å²) < 4.78 is 0. The third kappa shape index (κ3) is 5.85. The fourth-order valence-corrected chi connectivity index (χ4v) is 2.58. The number of rotatable bonds is 6. The zero-order valence-electron chi connectivity index (χ0n) is 13.8. The smallest absolute Gasteiger partial charge is 0.281 e. The van der Waals surface area contributed by atoms with Gasteiger partial charge in [0, 0.05) is 12.6 Å². The molecule has 0 aliphatic rings. The molecule has 25 heavy (non-hydrogen) atoms. The SMILES string of the molecule is CC(=O)Nc1ccccc1NC(=O)CC(C)=NNC(=O)c1cccs1. The highest BCUT2D eigenvalue weighted by molar-refractivity contribution is 7.12. The molecule has 0 unspecified atom stereocenters. The monoisotopic (exact) mass is 358 g/mol. The molecule has 0 radical (unpaired) electrons. The van der Waals surface area contributed by atoms with Crippen LogP contribution in [0, 0.1) is 0 Å². The highest BCUT2D eigenvalue weighted by atomic mass is 32.1. The van der Waals surface area contributed by atoms with Gasteiger partial charge in [-0.3, -0.25) is 14.4 Å². The summed E-state index contributed by atoms with van der Waals surface area (Å²) in [6, 6.07) is 10.4. The van der Waals surface area contributed by atoms with Crippen LogP contribution in [0.1, 0.15) is 29.9 Å². The molecule has 0 aliphatic heterocycles. The molecule has 3 amide bonds. The molecule has 8 heteroatoms. The zero-order chi connectivity index (χ0) is 18.2. The van der Waals surface area contributed by atoms with Crippen LogP contribution < -0.4 is 16.1 Å². The van der Waals surface area contributed by atoms with Crippen LogP contribution in [-0.4, -0.2) is 23.4 Å². The Labute approximate surface area is 149 Å². The molecular formula is C17H18N4O3S. The van der Waals surface area contributed by atoms with Gasteiger partial charge < -0.3 is 10.6 Å². The number of nitrogens with one attached hydrogen (secondary N) is 3. The maximum absolute atomic E-state index is 12.1. The number of amides is 3. The molecule has 0 bridgehead atoms. The van der Waals surface area contributed by atoms with Crippen LogP contribution in [0.2, 0.25) is 0 Å². The molecule has 0 atom stereocenters. The van der Waals surface area contributed by atoms with Gasteiger partial charge in [-0.2, -0.15) is 5.10 Å². The number of para-hydroxylation sites is 2. The Morgan fingerprint density at radius 3 is 2.28 bits per heavy atom. The van der Waals surface area contributed by atoms with Crippen molar-refractivity contribution in [1.29, 1.82) is 0 Å². The predicted molar refractivity (Wildman–Crippen MR) is 98.9 cm³/mol. The van der Waals surface area contributed by atoms with Crippen LogP contribution in [-0.2, 0) is 9.59 Å². The first kappa shape index (κ1) is 18.3. The first-order valence-electron chi connectivity index (χ1n) is 7.49. The Bertz CT molecular complexity index is 800. The lowest BCUT2D eigenvalue weighted by Gasteiger charge is -2.11. The third-order valence-corrected chi connectivity index (χ3v) is 3.89. The third-order valence-electron chi connectivity index (χ3n) is 3.02. The van der Waals surface area contributed by atoms with Crippen LogP contribution in [0.5, 0.6) is 0 Å². The average Bonchev–Trinajstić information content (AvgIpc) is 3.08. The van der Waals surface area contributed by atoms with Crippen LogP contribution in [0.4, 0.5) is 11.4 Å². The standard InChI is InChI=1S/C17H18N4O3S/c1-11(20-21-17(24)15-8-5-9-25-15)10-16(23)19-14-7-4-3-6-13(14)18-12(2)22/h3-9H,10H2,1-2H3,(H,18,22)(H,19,23)(H,21,24). The first-order valence-corrected chi connectivity index (χ1v) is 8.37. The van der Waals surface area contributed by atoms with Crippen molar-refractivity contribution in [3.8, 4) is 0 Å². The van der Waals surface area contributed by atoms with Gasteiger partial charge in [-0.1, -0.05) is 18.2 Å². The first-order chi connectivity index (χ1) is 12.0. The molecule has 1 aromatic carbocycles. The average molecular weight is 358 g/mol. The van der Waals surface area contributed by atoms with Gasteiger partial charge in [-0.15, -0.1) is 11.3 Å². The highest BCUT2D eigenvalue weighted by Crippen LogP contribution is 2.21. The Morgan fingerprint density at radius 1 is 1.00 bits per heavy atom. The summed E-state index contributed by atoms with van der Waals surface area (Å²) in [6.45, 7) is 3.04. The lowest BCUT2D eigenvalue weighted by Crippen LogP contribution is -2.21. The number of carbonyl (C=O) groups excluding carboxylic acids is 3. The fraction of sp³-hybridized carbons (Fsp3) is 0.176. The van der Waals surface area contributed by atoms with E-state index < -0.39 is 0 Å². The number of hydrazone groups is 1. The van der Waals surface area contributed by atoms with Gasteiger partial charge in [-0.05, 0) is 30.5 Å². The van der Waals surface area contributed by atoms with Gasteiger partial charge in [0.05, 0.1) is 22.7 Å². The lowest BCUT2D eigenvalue weighted by molar-refractivity contribution is -0.115. The van der Waals surface area contributed by atoms with Gasteiger partial charge in [-0.25, -0.2) is 5.43 Å². The molecule has 1 aromatic heterocycles. The van der Waals surface area contributed by atoms with E-state index in [-0.39, 0.29) is 24.1 Å². The Hall–Kier alpha value is -3.00. The molecule has 2 rings (SSSR count). The summed E-state index contributed by atoms with van der Waals surface area (Å²) in [5.41, 5.74) is 3.89. The van der Waals surface area contributed by atoms with Crippen molar-refractivity contribution in [2.75, 3.05) is 10.6 Å². The van der Waals surface area contributed by atoms with Crippen molar-refractivity contribution in [3.63, 3.8) is 0 Å². The van der Waals surface area contributed by atoms with Gasteiger partial charge in [0.15, 0.2) is 0 Å². The maximum atomic E-state index is 12.1. The van der Waals surface area contributed by atoms with Crippen molar-refractivity contribution in [2.24, 2.45) is 5.10 Å². The van der Waals surface area contributed by atoms with Crippen molar-refractivity contribution >= 4 is 46.1 Å². The summed E-state index contributed by atoms with van der Waals surface area (Å²) in [7, 11) is 0. The molecule has 0 aliphatic carbocycles. The number of hydrogen-bond acceptors (Lipinski definition) is 5. The fourth-order valence-electron chi connectivity index (χ4n) is 1.97. The van der Waals surface area contributed by atoms with Crippen molar-refractivity contribution in [1.82, 2.24) is 5.43 Å². The molecule has 2 aromatic rings. The number of hydrogen-bond donors (Lipinski definition) is 3. The lowest BCUT2D eigenvalue weighted by atomic mass is 10.2. The summed E-state index contributed by atoms with van der Waals surface area (Å²) in [5.74, 6) is -0.842.